The van der Waals surface area contributed by atoms with Gasteiger partial charge >= 0.3 is 0 Å². The highest BCUT2D eigenvalue weighted by atomic mass is 35.5. The monoisotopic (exact) mass is 286 g/mol. The maximum absolute atomic E-state index is 11.4. The van der Waals surface area contributed by atoms with Crippen LogP contribution in [0.1, 0.15) is 0 Å². The average molecular weight is 287 g/mol. The van der Waals surface area contributed by atoms with Gasteiger partial charge in [0.25, 0.3) is 0 Å². The van der Waals surface area contributed by atoms with Crippen molar-refractivity contribution in [1.82, 2.24) is 14.8 Å². The lowest BCUT2D eigenvalue weighted by Gasteiger charge is -2.13. The van der Waals surface area contributed by atoms with E-state index in [1.54, 1.807) is 30.7 Å². The third-order valence-electron chi connectivity index (χ3n) is 2.40. The van der Waals surface area contributed by atoms with Gasteiger partial charge in [0.1, 0.15) is 5.69 Å². The van der Waals surface area contributed by atoms with Crippen LogP contribution in [0.25, 0.3) is 5.69 Å². The van der Waals surface area contributed by atoms with Gasteiger partial charge in [-0.05, 0) is 12.1 Å². The highest BCUT2D eigenvalue weighted by Crippen LogP contribution is 2.26. The summed E-state index contributed by atoms with van der Waals surface area (Å²) in [6.07, 6.45) is 5.89. The Morgan fingerprint density at radius 2 is 2.17 bits per heavy atom. The second-order valence-electron chi connectivity index (χ2n) is 3.69. The van der Waals surface area contributed by atoms with Gasteiger partial charge in [-0.2, -0.15) is 5.10 Å². The second-order valence-corrected chi connectivity index (χ2v) is 6.06. The molecule has 96 valence electrons. The fourth-order valence-corrected chi connectivity index (χ4v) is 2.15. The predicted molar refractivity (Wildman–Crippen MR) is 69.6 cm³/mol. The van der Waals surface area contributed by atoms with Crippen molar-refractivity contribution in [3.8, 4) is 5.69 Å². The predicted octanol–water partition coefficient (Wildman–Crippen LogP) is 1.32. The van der Waals surface area contributed by atoms with Gasteiger partial charge in [0.2, 0.25) is 10.0 Å². The van der Waals surface area contributed by atoms with E-state index in [4.69, 9.17) is 11.6 Å². The number of hydrogen-bond acceptors (Lipinski definition) is 4. The Morgan fingerprint density at radius 3 is 2.72 bits per heavy atom. The van der Waals surface area contributed by atoms with Crippen molar-refractivity contribution in [3.63, 3.8) is 0 Å². The SMILES string of the molecule is CN(c1cn(-c2cccnc2)nc1Cl)S(C)(=O)=O. The van der Waals surface area contributed by atoms with Gasteiger partial charge in [0.15, 0.2) is 5.15 Å². The Balaban J connectivity index is 2.46. The van der Waals surface area contributed by atoms with Crippen LogP contribution in [-0.4, -0.2) is 36.5 Å². The molecule has 0 aromatic carbocycles. The van der Waals surface area contributed by atoms with Crippen molar-refractivity contribution < 1.29 is 8.42 Å². The number of pyridine rings is 1. The number of rotatable bonds is 3. The highest BCUT2D eigenvalue weighted by molar-refractivity contribution is 7.92. The lowest BCUT2D eigenvalue weighted by Crippen LogP contribution is -2.24. The Kier molecular flexibility index (Phi) is 3.27. The summed E-state index contributed by atoms with van der Waals surface area (Å²) in [5.74, 6) is 0. The van der Waals surface area contributed by atoms with Crippen LogP contribution in [-0.2, 0) is 10.0 Å². The molecule has 6 nitrogen and oxygen atoms in total. The zero-order chi connectivity index (χ0) is 13.3. The molecule has 0 aliphatic heterocycles. The molecule has 8 heteroatoms. The first-order chi connectivity index (χ1) is 8.39. The third-order valence-corrected chi connectivity index (χ3v) is 3.86. The molecule has 2 aromatic rings. The summed E-state index contributed by atoms with van der Waals surface area (Å²) < 4.78 is 25.5. The molecule has 0 atom stereocenters. The first-order valence-electron chi connectivity index (χ1n) is 4.99. The van der Waals surface area contributed by atoms with Crippen LogP contribution in [0.4, 0.5) is 5.69 Å². The van der Waals surface area contributed by atoms with Gasteiger partial charge in [-0.25, -0.2) is 13.1 Å². The molecule has 0 radical (unpaired) electrons. The minimum absolute atomic E-state index is 0.117. The maximum Gasteiger partial charge on any atom is 0.232 e. The molecular weight excluding hydrogens is 276 g/mol. The van der Waals surface area contributed by atoms with E-state index in [0.717, 1.165) is 10.6 Å². The second kappa shape index (κ2) is 4.58. The summed E-state index contributed by atoms with van der Waals surface area (Å²) in [7, 11) is -1.94. The molecule has 18 heavy (non-hydrogen) atoms. The van der Waals surface area contributed by atoms with Gasteiger partial charge in [-0.1, -0.05) is 11.6 Å². The summed E-state index contributed by atoms with van der Waals surface area (Å²) in [5, 5.41) is 4.17. The zero-order valence-electron chi connectivity index (χ0n) is 9.78. The van der Waals surface area contributed by atoms with Crippen LogP contribution in [0.5, 0.6) is 0 Å². The molecule has 0 unspecified atom stereocenters. The fourth-order valence-electron chi connectivity index (χ4n) is 1.36. The van der Waals surface area contributed by atoms with E-state index in [9.17, 15) is 8.42 Å². The number of aromatic nitrogens is 3. The Morgan fingerprint density at radius 1 is 1.44 bits per heavy atom. The first kappa shape index (κ1) is 12.8. The molecule has 2 heterocycles. The van der Waals surface area contributed by atoms with Crippen molar-refractivity contribution >= 4 is 27.3 Å². The molecule has 0 amide bonds. The van der Waals surface area contributed by atoms with E-state index in [-0.39, 0.29) is 5.15 Å². The lowest BCUT2D eigenvalue weighted by atomic mass is 10.4. The van der Waals surface area contributed by atoms with Gasteiger partial charge in [0, 0.05) is 13.2 Å². The highest BCUT2D eigenvalue weighted by Gasteiger charge is 2.18. The van der Waals surface area contributed by atoms with Crippen molar-refractivity contribution in [3.05, 3.63) is 35.9 Å². The topological polar surface area (TPSA) is 68.1 Å². The van der Waals surface area contributed by atoms with Gasteiger partial charge < -0.3 is 0 Å². The fraction of sp³-hybridized carbons (Fsp3) is 0.200. The van der Waals surface area contributed by atoms with Crippen LogP contribution in [0.2, 0.25) is 5.15 Å². The van der Waals surface area contributed by atoms with Crippen molar-refractivity contribution in [2.24, 2.45) is 0 Å². The molecule has 0 saturated heterocycles. The smallest absolute Gasteiger partial charge is 0.232 e. The van der Waals surface area contributed by atoms with Crippen LogP contribution >= 0.6 is 11.6 Å². The number of nitrogens with zero attached hydrogens (tertiary/aromatic N) is 4. The normalized spacial score (nSPS) is 11.5. The molecule has 0 N–H and O–H groups in total. The van der Waals surface area contributed by atoms with Gasteiger partial charge in [-0.3, -0.25) is 9.29 Å². The molecule has 0 saturated carbocycles. The molecule has 0 fully saturated rings. The zero-order valence-corrected chi connectivity index (χ0v) is 11.4. The molecule has 2 aromatic heterocycles. The Hall–Kier alpha value is -1.60. The largest absolute Gasteiger partial charge is 0.269 e. The Bertz CT molecular complexity index is 654. The van der Waals surface area contributed by atoms with Crippen LogP contribution in [0, 0.1) is 0 Å². The molecule has 0 aliphatic rings. The van der Waals surface area contributed by atoms with Crippen molar-refractivity contribution in [1.29, 1.82) is 0 Å². The van der Waals surface area contributed by atoms with E-state index in [0.29, 0.717) is 11.4 Å². The minimum Gasteiger partial charge on any atom is -0.269 e. The molecule has 2 rings (SSSR count). The van der Waals surface area contributed by atoms with E-state index < -0.39 is 10.0 Å². The summed E-state index contributed by atoms with van der Waals surface area (Å²) in [5.41, 5.74) is 1.02. The molecule has 0 spiro atoms. The Labute approximate surface area is 110 Å². The van der Waals surface area contributed by atoms with E-state index in [1.165, 1.54) is 11.7 Å². The van der Waals surface area contributed by atoms with Crippen LogP contribution < -0.4 is 4.31 Å². The molecular formula is C10H11ClN4O2S. The third kappa shape index (κ3) is 2.46. The summed E-state index contributed by atoms with van der Waals surface area (Å²) in [6, 6.07) is 3.55. The van der Waals surface area contributed by atoms with Crippen LogP contribution in [0.3, 0.4) is 0 Å². The maximum atomic E-state index is 11.4. The quantitative estimate of drug-likeness (QED) is 0.853. The lowest BCUT2D eigenvalue weighted by molar-refractivity contribution is 0.600. The van der Waals surface area contributed by atoms with E-state index in [1.807, 2.05) is 0 Å². The number of hydrogen-bond donors (Lipinski definition) is 0. The molecule has 0 aliphatic carbocycles. The molecule has 0 bridgehead atoms. The van der Waals surface area contributed by atoms with Crippen molar-refractivity contribution in [2.45, 2.75) is 0 Å². The number of halogens is 1. The average Bonchev–Trinajstić information content (AvgIpc) is 2.70. The summed E-state index contributed by atoms with van der Waals surface area (Å²) in [6.45, 7) is 0. The summed E-state index contributed by atoms with van der Waals surface area (Å²) >= 11 is 5.94. The van der Waals surface area contributed by atoms with E-state index >= 15 is 0 Å². The van der Waals surface area contributed by atoms with Gasteiger partial charge in [0.05, 0.1) is 24.3 Å². The summed E-state index contributed by atoms with van der Waals surface area (Å²) in [4.78, 5) is 3.96. The van der Waals surface area contributed by atoms with E-state index in [2.05, 4.69) is 10.1 Å². The van der Waals surface area contributed by atoms with Crippen LogP contribution in [0.15, 0.2) is 30.7 Å². The van der Waals surface area contributed by atoms with Gasteiger partial charge in [-0.15, -0.1) is 0 Å². The van der Waals surface area contributed by atoms with Crippen molar-refractivity contribution in [2.75, 3.05) is 17.6 Å². The first-order valence-corrected chi connectivity index (χ1v) is 7.21. The number of anilines is 1. The standard InChI is InChI=1S/C10H11ClN4O2S/c1-14(18(2,16)17)9-7-15(13-10(9)11)8-4-3-5-12-6-8/h3-7H,1-2H3. The minimum atomic E-state index is -3.37. The number of sulfonamides is 1.